The van der Waals surface area contributed by atoms with E-state index in [1.807, 2.05) is 24.3 Å². The van der Waals surface area contributed by atoms with E-state index in [1.54, 1.807) is 29.1 Å². The van der Waals surface area contributed by atoms with Crippen LogP contribution in [0.2, 0.25) is 0 Å². The Hall–Kier alpha value is -2.96. The van der Waals surface area contributed by atoms with E-state index in [1.165, 1.54) is 0 Å². The molecule has 0 aliphatic carbocycles. The van der Waals surface area contributed by atoms with E-state index in [-0.39, 0.29) is 18.2 Å². The average molecular weight is 367 g/mol. The van der Waals surface area contributed by atoms with E-state index in [9.17, 15) is 19.5 Å². The lowest BCUT2D eigenvalue weighted by Gasteiger charge is -2.45. The highest BCUT2D eigenvalue weighted by molar-refractivity contribution is 5.98. The number of hydrogen-bond acceptors (Lipinski definition) is 4. The molecule has 0 radical (unpaired) electrons. The minimum absolute atomic E-state index is 0.0391. The van der Waals surface area contributed by atoms with Crippen molar-refractivity contribution in [1.29, 1.82) is 0 Å². The monoisotopic (exact) mass is 367 g/mol. The van der Waals surface area contributed by atoms with Crippen molar-refractivity contribution in [3.05, 3.63) is 42.1 Å². The van der Waals surface area contributed by atoms with E-state index in [0.29, 0.717) is 31.5 Å². The van der Waals surface area contributed by atoms with Crippen molar-refractivity contribution in [3.63, 3.8) is 0 Å². The molecule has 7 heteroatoms. The molecule has 1 N–H and O–H groups in total. The largest absolute Gasteiger partial charge is 0.481 e. The van der Waals surface area contributed by atoms with Gasteiger partial charge in [-0.15, -0.1) is 0 Å². The van der Waals surface area contributed by atoms with Crippen molar-refractivity contribution in [2.24, 2.45) is 5.92 Å². The summed E-state index contributed by atoms with van der Waals surface area (Å²) < 4.78 is 0. The molecule has 1 spiro atoms. The maximum absolute atomic E-state index is 12.9. The first-order valence-electron chi connectivity index (χ1n) is 9.06. The molecule has 0 saturated carbocycles. The van der Waals surface area contributed by atoms with Gasteiger partial charge in [0.05, 0.1) is 17.0 Å². The van der Waals surface area contributed by atoms with Gasteiger partial charge in [0.25, 0.3) is 5.91 Å². The van der Waals surface area contributed by atoms with Gasteiger partial charge in [-0.1, -0.05) is 6.07 Å². The number of likely N-dealkylation sites (tertiary alicyclic amines) is 2. The lowest BCUT2D eigenvalue weighted by Crippen LogP contribution is -2.56. The summed E-state index contributed by atoms with van der Waals surface area (Å²) in [5, 5.41) is 10.5. The molecular weight excluding hydrogens is 346 g/mol. The normalized spacial score (nSPS) is 21.8. The van der Waals surface area contributed by atoms with E-state index in [2.05, 4.69) is 4.98 Å². The second-order valence-corrected chi connectivity index (χ2v) is 7.35. The third kappa shape index (κ3) is 2.74. The number of fused-ring (bicyclic) bond motifs is 1. The fourth-order valence-electron chi connectivity index (χ4n) is 4.47. The zero-order valence-electron chi connectivity index (χ0n) is 15.1. The Labute approximate surface area is 156 Å². The SMILES string of the molecule is CN1C(=O)C[C@H](C(=O)O)C12CCN(C(=O)c1ccc3ncccc3c1)CC2. The van der Waals surface area contributed by atoms with Crippen LogP contribution < -0.4 is 0 Å². The number of piperidine rings is 1. The van der Waals surface area contributed by atoms with Crippen LogP contribution in [0.5, 0.6) is 0 Å². The van der Waals surface area contributed by atoms with Crippen LogP contribution in [0.25, 0.3) is 10.9 Å². The summed E-state index contributed by atoms with van der Waals surface area (Å²) in [5.74, 6) is -1.85. The molecule has 2 aliphatic heterocycles. The summed E-state index contributed by atoms with van der Waals surface area (Å²) in [5.41, 5.74) is 0.742. The highest BCUT2D eigenvalue weighted by atomic mass is 16.4. The summed E-state index contributed by atoms with van der Waals surface area (Å²) >= 11 is 0. The lowest BCUT2D eigenvalue weighted by atomic mass is 9.77. The first-order chi connectivity index (χ1) is 12.9. The Bertz CT molecular complexity index is 934. The molecule has 2 fully saturated rings. The van der Waals surface area contributed by atoms with Crippen LogP contribution in [-0.4, -0.2) is 63.4 Å². The van der Waals surface area contributed by atoms with E-state index in [4.69, 9.17) is 0 Å². The predicted octanol–water partition coefficient (Wildman–Crippen LogP) is 1.77. The lowest BCUT2D eigenvalue weighted by molar-refractivity contribution is -0.145. The number of carboxylic acids is 1. The molecule has 2 amide bonds. The zero-order chi connectivity index (χ0) is 19.2. The highest BCUT2D eigenvalue weighted by Gasteiger charge is 2.55. The summed E-state index contributed by atoms with van der Waals surface area (Å²) in [6.45, 7) is 0.872. The predicted molar refractivity (Wildman–Crippen MR) is 98.1 cm³/mol. The number of pyridine rings is 1. The molecule has 2 aliphatic rings. The Kier molecular flexibility index (Phi) is 4.09. The van der Waals surface area contributed by atoms with Crippen LogP contribution in [0.3, 0.4) is 0 Å². The second kappa shape index (κ2) is 6.33. The number of amides is 2. The molecule has 4 rings (SSSR count). The Balaban J connectivity index is 1.53. The zero-order valence-corrected chi connectivity index (χ0v) is 15.1. The number of nitrogens with zero attached hydrogens (tertiary/aromatic N) is 3. The van der Waals surface area contributed by atoms with Crippen molar-refractivity contribution in [1.82, 2.24) is 14.8 Å². The summed E-state index contributed by atoms with van der Waals surface area (Å²) in [6, 6.07) is 9.19. The van der Waals surface area contributed by atoms with Gasteiger partial charge in [0.1, 0.15) is 0 Å². The molecule has 3 heterocycles. The quantitative estimate of drug-likeness (QED) is 0.874. The third-order valence-corrected chi connectivity index (χ3v) is 6.13. The first kappa shape index (κ1) is 17.5. The van der Waals surface area contributed by atoms with E-state index in [0.717, 1.165) is 10.9 Å². The fourth-order valence-corrected chi connectivity index (χ4v) is 4.47. The number of hydrogen-bond donors (Lipinski definition) is 1. The molecule has 0 bridgehead atoms. The number of aromatic nitrogens is 1. The van der Waals surface area contributed by atoms with Crippen molar-refractivity contribution >= 4 is 28.7 Å². The standard InChI is InChI=1S/C20H21N3O4/c1-22-17(24)12-15(19(26)27)20(22)6-9-23(10-7-20)18(25)14-4-5-16-13(11-14)3-2-8-21-16/h2-5,8,11,15H,6-7,9-10,12H2,1H3,(H,26,27)/t15-/m1/s1. The Morgan fingerprint density at radius 2 is 1.96 bits per heavy atom. The van der Waals surface area contributed by atoms with Gasteiger partial charge in [-0.2, -0.15) is 0 Å². The van der Waals surface area contributed by atoms with Crippen LogP contribution in [-0.2, 0) is 9.59 Å². The van der Waals surface area contributed by atoms with Crippen LogP contribution in [0, 0.1) is 5.92 Å². The minimum atomic E-state index is -0.936. The molecule has 140 valence electrons. The van der Waals surface area contributed by atoms with Gasteiger partial charge in [0.2, 0.25) is 5.91 Å². The van der Waals surface area contributed by atoms with Crippen LogP contribution >= 0.6 is 0 Å². The van der Waals surface area contributed by atoms with E-state index < -0.39 is 17.4 Å². The Morgan fingerprint density at radius 3 is 2.67 bits per heavy atom. The summed E-state index contributed by atoms with van der Waals surface area (Å²) in [7, 11) is 1.68. The van der Waals surface area contributed by atoms with Gasteiger partial charge in [0.15, 0.2) is 0 Å². The minimum Gasteiger partial charge on any atom is -0.481 e. The van der Waals surface area contributed by atoms with Gasteiger partial charge >= 0.3 is 5.97 Å². The van der Waals surface area contributed by atoms with Crippen LogP contribution in [0.1, 0.15) is 29.6 Å². The van der Waals surface area contributed by atoms with E-state index >= 15 is 0 Å². The van der Waals surface area contributed by atoms with Gasteiger partial charge in [-0.25, -0.2) is 0 Å². The van der Waals surface area contributed by atoms with Crippen molar-refractivity contribution < 1.29 is 19.5 Å². The highest BCUT2D eigenvalue weighted by Crippen LogP contribution is 2.43. The Morgan fingerprint density at radius 1 is 1.22 bits per heavy atom. The topological polar surface area (TPSA) is 90.8 Å². The third-order valence-electron chi connectivity index (χ3n) is 6.13. The molecular formula is C20H21N3O4. The number of carbonyl (C=O) groups excluding carboxylic acids is 2. The van der Waals surface area contributed by atoms with Gasteiger partial charge in [-0.3, -0.25) is 19.4 Å². The molecule has 1 aromatic heterocycles. The number of rotatable bonds is 2. The molecule has 2 saturated heterocycles. The second-order valence-electron chi connectivity index (χ2n) is 7.35. The maximum Gasteiger partial charge on any atom is 0.309 e. The number of aliphatic carboxylic acids is 1. The van der Waals surface area contributed by atoms with Crippen LogP contribution in [0.4, 0.5) is 0 Å². The number of benzene rings is 1. The molecule has 1 aromatic carbocycles. The average Bonchev–Trinajstić information content (AvgIpc) is 2.93. The molecule has 2 aromatic rings. The van der Waals surface area contributed by atoms with Crippen molar-refractivity contribution in [3.8, 4) is 0 Å². The molecule has 7 nitrogen and oxygen atoms in total. The maximum atomic E-state index is 12.9. The van der Waals surface area contributed by atoms with Gasteiger partial charge in [-0.05, 0) is 37.1 Å². The summed E-state index contributed by atoms with van der Waals surface area (Å²) in [6.07, 6.45) is 2.71. The fraction of sp³-hybridized carbons (Fsp3) is 0.400. The van der Waals surface area contributed by atoms with Gasteiger partial charge < -0.3 is 14.9 Å². The number of carbonyl (C=O) groups is 3. The summed E-state index contributed by atoms with van der Waals surface area (Å²) in [4.78, 5) is 44.3. The van der Waals surface area contributed by atoms with Crippen LogP contribution in [0.15, 0.2) is 36.5 Å². The smallest absolute Gasteiger partial charge is 0.309 e. The van der Waals surface area contributed by atoms with Gasteiger partial charge in [0, 0.05) is 43.7 Å². The number of carboxylic acid groups (broad SMARTS) is 1. The van der Waals surface area contributed by atoms with Crippen molar-refractivity contribution in [2.75, 3.05) is 20.1 Å². The molecule has 1 atom stereocenters. The first-order valence-corrected chi connectivity index (χ1v) is 9.06. The molecule has 0 unspecified atom stereocenters. The van der Waals surface area contributed by atoms with Crippen molar-refractivity contribution in [2.45, 2.75) is 24.8 Å². The molecule has 27 heavy (non-hydrogen) atoms.